The molecular weight excluding hydrogens is 238 g/mol. The molecule has 3 heteroatoms. The highest BCUT2D eigenvalue weighted by Crippen LogP contribution is 2.27. The van der Waals surface area contributed by atoms with Gasteiger partial charge in [-0.2, -0.15) is 0 Å². The fraction of sp³-hybridized carbons (Fsp3) is 0.625. The Morgan fingerprint density at radius 2 is 2.00 bits per heavy atom. The third kappa shape index (κ3) is 4.84. The van der Waals surface area contributed by atoms with Gasteiger partial charge in [-0.15, -0.1) is 0 Å². The summed E-state index contributed by atoms with van der Waals surface area (Å²) >= 11 is 0. The third-order valence-electron chi connectivity index (χ3n) is 3.26. The summed E-state index contributed by atoms with van der Waals surface area (Å²) in [5.41, 5.74) is 9.26. The molecular formula is C16H27NO2. The fourth-order valence-electron chi connectivity index (χ4n) is 2.20. The van der Waals surface area contributed by atoms with Gasteiger partial charge in [-0.3, -0.25) is 0 Å². The maximum Gasteiger partial charge on any atom is 0.125 e. The second-order valence-corrected chi connectivity index (χ2v) is 5.38. The van der Waals surface area contributed by atoms with Gasteiger partial charge in [0.1, 0.15) is 5.75 Å². The van der Waals surface area contributed by atoms with E-state index in [2.05, 4.69) is 32.9 Å². The zero-order chi connectivity index (χ0) is 14.4. The molecule has 0 fully saturated rings. The first-order chi connectivity index (χ1) is 8.95. The van der Waals surface area contributed by atoms with Gasteiger partial charge in [0.05, 0.1) is 12.7 Å². The summed E-state index contributed by atoms with van der Waals surface area (Å²) in [5.74, 6) is 0.976. The van der Waals surface area contributed by atoms with Gasteiger partial charge >= 0.3 is 0 Å². The van der Waals surface area contributed by atoms with Crippen molar-refractivity contribution < 1.29 is 9.84 Å². The number of ether oxygens (including phenoxy) is 1. The molecule has 19 heavy (non-hydrogen) atoms. The van der Waals surface area contributed by atoms with Crippen LogP contribution in [-0.4, -0.2) is 23.9 Å². The van der Waals surface area contributed by atoms with Crippen LogP contribution in [0.4, 0.5) is 0 Å². The smallest absolute Gasteiger partial charge is 0.125 e. The summed E-state index contributed by atoms with van der Waals surface area (Å²) in [6.07, 6.45) is 2.00. The maximum atomic E-state index is 9.83. The normalized spacial score (nSPS) is 14.2. The highest BCUT2D eigenvalue weighted by atomic mass is 16.5. The standard InChI is InChI=1S/C16H27NO2/c1-5-8-19-16-12(3)9-11(2)10-14(16)6-7-15(18)13(4)17/h9-10,13,15,18H,5-8,17H2,1-4H3. The lowest BCUT2D eigenvalue weighted by molar-refractivity contribution is 0.141. The van der Waals surface area contributed by atoms with Crippen molar-refractivity contribution in [1.82, 2.24) is 0 Å². The van der Waals surface area contributed by atoms with Crippen LogP contribution in [0.1, 0.15) is 43.4 Å². The minimum Gasteiger partial charge on any atom is -0.493 e. The second kappa shape index (κ2) is 7.51. The predicted molar refractivity (Wildman–Crippen MR) is 79.7 cm³/mol. The topological polar surface area (TPSA) is 55.5 Å². The van der Waals surface area contributed by atoms with E-state index in [0.717, 1.165) is 25.2 Å². The summed E-state index contributed by atoms with van der Waals surface area (Å²) in [6.45, 7) is 8.82. The third-order valence-corrected chi connectivity index (χ3v) is 3.26. The number of hydrogen-bond acceptors (Lipinski definition) is 3. The summed E-state index contributed by atoms with van der Waals surface area (Å²) in [5, 5.41) is 9.83. The van der Waals surface area contributed by atoms with Gasteiger partial charge in [0.15, 0.2) is 0 Å². The van der Waals surface area contributed by atoms with Crippen LogP contribution in [0.3, 0.4) is 0 Å². The molecule has 3 N–H and O–H groups in total. The molecule has 0 spiro atoms. The summed E-state index contributed by atoms with van der Waals surface area (Å²) < 4.78 is 5.85. The van der Waals surface area contributed by atoms with Crippen molar-refractivity contribution >= 4 is 0 Å². The number of aliphatic hydroxyl groups is 1. The fourth-order valence-corrected chi connectivity index (χ4v) is 2.20. The minimum atomic E-state index is -0.458. The molecule has 0 bridgehead atoms. The van der Waals surface area contributed by atoms with Crippen molar-refractivity contribution in [1.29, 1.82) is 0 Å². The summed E-state index contributed by atoms with van der Waals surface area (Å²) in [7, 11) is 0. The van der Waals surface area contributed by atoms with Gasteiger partial charge < -0.3 is 15.6 Å². The van der Waals surface area contributed by atoms with E-state index in [-0.39, 0.29) is 6.04 Å². The number of aryl methyl sites for hydroxylation is 3. The lowest BCUT2D eigenvalue weighted by Gasteiger charge is -2.18. The Balaban J connectivity index is 2.84. The van der Waals surface area contributed by atoms with E-state index in [1.165, 1.54) is 16.7 Å². The number of rotatable bonds is 7. The van der Waals surface area contributed by atoms with Crippen LogP contribution in [0, 0.1) is 13.8 Å². The molecule has 1 aromatic carbocycles. The largest absolute Gasteiger partial charge is 0.493 e. The van der Waals surface area contributed by atoms with Gasteiger partial charge in [-0.05, 0) is 51.2 Å². The first-order valence-electron chi connectivity index (χ1n) is 7.12. The Bertz CT molecular complexity index is 402. The van der Waals surface area contributed by atoms with Crippen molar-refractivity contribution in [3.63, 3.8) is 0 Å². The van der Waals surface area contributed by atoms with Crippen LogP contribution >= 0.6 is 0 Å². The van der Waals surface area contributed by atoms with E-state index in [9.17, 15) is 5.11 Å². The van der Waals surface area contributed by atoms with Crippen molar-refractivity contribution in [2.45, 2.75) is 59.1 Å². The Morgan fingerprint density at radius 1 is 1.32 bits per heavy atom. The molecule has 0 aliphatic carbocycles. The first kappa shape index (κ1) is 16.0. The van der Waals surface area contributed by atoms with Crippen LogP contribution in [-0.2, 0) is 6.42 Å². The quantitative estimate of drug-likeness (QED) is 0.797. The molecule has 108 valence electrons. The second-order valence-electron chi connectivity index (χ2n) is 5.38. The molecule has 0 saturated carbocycles. The molecule has 0 aliphatic rings. The lowest BCUT2D eigenvalue weighted by Crippen LogP contribution is -2.31. The van der Waals surface area contributed by atoms with Crippen molar-refractivity contribution in [3.8, 4) is 5.75 Å². The molecule has 0 aliphatic heterocycles. The van der Waals surface area contributed by atoms with Crippen molar-refractivity contribution in [2.24, 2.45) is 5.73 Å². The molecule has 0 aromatic heterocycles. The van der Waals surface area contributed by atoms with E-state index in [1.807, 2.05) is 6.92 Å². The van der Waals surface area contributed by atoms with E-state index in [4.69, 9.17) is 10.5 Å². The average molecular weight is 265 g/mol. The van der Waals surface area contributed by atoms with Crippen LogP contribution < -0.4 is 10.5 Å². The van der Waals surface area contributed by atoms with E-state index < -0.39 is 6.10 Å². The molecule has 0 saturated heterocycles. The minimum absolute atomic E-state index is 0.189. The highest BCUT2D eigenvalue weighted by molar-refractivity contribution is 5.44. The average Bonchev–Trinajstić information content (AvgIpc) is 2.34. The molecule has 0 heterocycles. The van der Waals surface area contributed by atoms with Gasteiger partial charge in [0.2, 0.25) is 0 Å². The first-order valence-corrected chi connectivity index (χ1v) is 7.12. The number of nitrogens with two attached hydrogens (primary N) is 1. The van der Waals surface area contributed by atoms with E-state index in [0.29, 0.717) is 6.42 Å². The molecule has 1 aromatic rings. The zero-order valence-electron chi connectivity index (χ0n) is 12.6. The SMILES string of the molecule is CCCOc1c(C)cc(C)cc1CCC(O)C(C)N. The van der Waals surface area contributed by atoms with Gasteiger partial charge in [0, 0.05) is 6.04 Å². The molecule has 0 radical (unpaired) electrons. The van der Waals surface area contributed by atoms with Crippen LogP contribution in [0.2, 0.25) is 0 Å². The molecule has 1 rings (SSSR count). The Hall–Kier alpha value is -1.06. The van der Waals surface area contributed by atoms with Crippen LogP contribution in [0.15, 0.2) is 12.1 Å². The van der Waals surface area contributed by atoms with Gasteiger partial charge in [0.25, 0.3) is 0 Å². The number of benzene rings is 1. The van der Waals surface area contributed by atoms with Gasteiger partial charge in [-0.1, -0.05) is 24.6 Å². The van der Waals surface area contributed by atoms with Crippen LogP contribution in [0.25, 0.3) is 0 Å². The van der Waals surface area contributed by atoms with Gasteiger partial charge in [-0.25, -0.2) is 0 Å². The number of aliphatic hydroxyl groups excluding tert-OH is 1. The van der Waals surface area contributed by atoms with E-state index in [1.54, 1.807) is 0 Å². The predicted octanol–water partition coefficient (Wildman–Crippen LogP) is 2.73. The molecule has 2 atom stereocenters. The molecule has 3 nitrogen and oxygen atoms in total. The lowest BCUT2D eigenvalue weighted by atomic mass is 9.98. The number of hydrogen-bond donors (Lipinski definition) is 2. The monoisotopic (exact) mass is 265 g/mol. The van der Waals surface area contributed by atoms with E-state index >= 15 is 0 Å². The molecule has 2 unspecified atom stereocenters. The molecule has 0 amide bonds. The Kier molecular flexibility index (Phi) is 6.32. The Labute approximate surface area is 116 Å². The summed E-state index contributed by atoms with van der Waals surface area (Å²) in [6, 6.07) is 4.09. The highest BCUT2D eigenvalue weighted by Gasteiger charge is 2.13. The zero-order valence-corrected chi connectivity index (χ0v) is 12.6. The van der Waals surface area contributed by atoms with Crippen molar-refractivity contribution in [2.75, 3.05) is 6.61 Å². The maximum absolute atomic E-state index is 9.83. The Morgan fingerprint density at radius 3 is 2.58 bits per heavy atom. The summed E-state index contributed by atoms with van der Waals surface area (Å²) in [4.78, 5) is 0. The van der Waals surface area contributed by atoms with Crippen molar-refractivity contribution in [3.05, 3.63) is 28.8 Å². The van der Waals surface area contributed by atoms with Crippen LogP contribution in [0.5, 0.6) is 5.75 Å².